The van der Waals surface area contributed by atoms with Gasteiger partial charge in [0.05, 0.1) is 25.9 Å². The van der Waals surface area contributed by atoms with E-state index >= 15 is 0 Å². The highest BCUT2D eigenvalue weighted by Gasteiger charge is 2.28. The summed E-state index contributed by atoms with van der Waals surface area (Å²) in [7, 11) is 0. The van der Waals surface area contributed by atoms with E-state index in [9.17, 15) is 5.11 Å². The maximum atomic E-state index is 10.2. The number of nitrogens with zero attached hydrogens (tertiary/aromatic N) is 2. The smallest absolute Gasteiger partial charge is 0.194 e. The SMILES string of the molecule is CCNC(=NCC(O)COCc1ccccc1)N1CCSC(C)(C)C1. The lowest BCUT2D eigenvalue weighted by molar-refractivity contribution is 0.0330. The molecule has 0 aliphatic carbocycles. The van der Waals surface area contributed by atoms with Crippen LogP contribution in [0, 0.1) is 0 Å². The minimum Gasteiger partial charge on any atom is -0.389 e. The maximum absolute atomic E-state index is 10.2. The molecule has 0 spiro atoms. The molecule has 2 N–H and O–H groups in total. The molecule has 1 fully saturated rings. The van der Waals surface area contributed by atoms with Crippen LogP contribution in [-0.4, -0.2) is 65.4 Å². The highest BCUT2D eigenvalue weighted by molar-refractivity contribution is 8.00. The second kappa shape index (κ2) is 10.0. The Bertz CT molecular complexity index is 537. The van der Waals surface area contributed by atoms with Gasteiger partial charge in [0.25, 0.3) is 0 Å². The van der Waals surface area contributed by atoms with Crippen molar-refractivity contribution < 1.29 is 9.84 Å². The van der Waals surface area contributed by atoms with Crippen LogP contribution in [0.3, 0.4) is 0 Å². The second-order valence-corrected chi connectivity index (χ2v) is 8.68. The molecule has 2 rings (SSSR count). The fourth-order valence-electron chi connectivity index (χ4n) is 2.75. The lowest BCUT2D eigenvalue weighted by Gasteiger charge is -2.39. The number of hydrogen-bond donors (Lipinski definition) is 2. The molecule has 1 aromatic rings. The Balaban J connectivity index is 1.81. The van der Waals surface area contributed by atoms with Gasteiger partial charge in [0.1, 0.15) is 0 Å². The third-order valence-electron chi connectivity index (χ3n) is 3.93. The van der Waals surface area contributed by atoms with E-state index in [0.29, 0.717) is 19.8 Å². The molecule has 0 radical (unpaired) electrons. The summed E-state index contributed by atoms with van der Waals surface area (Å²) in [5, 5.41) is 13.5. The fraction of sp³-hybridized carbons (Fsp3) is 0.632. The van der Waals surface area contributed by atoms with Crippen LogP contribution in [0.2, 0.25) is 0 Å². The summed E-state index contributed by atoms with van der Waals surface area (Å²) in [4.78, 5) is 6.91. The number of aliphatic hydroxyl groups excluding tert-OH is 1. The van der Waals surface area contributed by atoms with Crippen molar-refractivity contribution in [3.63, 3.8) is 0 Å². The molecule has 1 aromatic carbocycles. The van der Waals surface area contributed by atoms with E-state index < -0.39 is 6.10 Å². The molecule has 6 heteroatoms. The maximum Gasteiger partial charge on any atom is 0.194 e. The standard InChI is InChI=1S/C19H31N3O2S/c1-4-20-18(22-10-11-25-19(2,3)15-22)21-12-17(23)14-24-13-16-8-6-5-7-9-16/h5-9,17,23H,4,10-15H2,1-3H3,(H,20,21). The molecule has 1 unspecified atom stereocenters. The van der Waals surface area contributed by atoms with Gasteiger partial charge in [-0.25, -0.2) is 0 Å². The van der Waals surface area contributed by atoms with E-state index in [4.69, 9.17) is 4.74 Å². The number of hydrogen-bond acceptors (Lipinski definition) is 4. The van der Waals surface area contributed by atoms with E-state index in [1.165, 1.54) is 0 Å². The van der Waals surface area contributed by atoms with Crippen LogP contribution >= 0.6 is 11.8 Å². The molecule has 0 saturated carbocycles. The summed E-state index contributed by atoms with van der Waals surface area (Å²) >= 11 is 2.00. The Morgan fingerprint density at radius 1 is 1.40 bits per heavy atom. The molecule has 0 aromatic heterocycles. The van der Waals surface area contributed by atoms with Gasteiger partial charge >= 0.3 is 0 Å². The minimum atomic E-state index is -0.593. The Morgan fingerprint density at radius 2 is 2.16 bits per heavy atom. The summed E-state index contributed by atoms with van der Waals surface area (Å²) in [6.07, 6.45) is -0.593. The van der Waals surface area contributed by atoms with Crippen LogP contribution in [0.15, 0.2) is 35.3 Å². The van der Waals surface area contributed by atoms with Crippen LogP contribution in [0.25, 0.3) is 0 Å². The van der Waals surface area contributed by atoms with E-state index in [2.05, 4.69) is 36.0 Å². The first kappa shape index (κ1) is 20.1. The average Bonchev–Trinajstić information content (AvgIpc) is 2.58. The summed E-state index contributed by atoms with van der Waals surface area (Å²) in [6.45, 7) is 10.5. The van der Waals surface area contributed by atoms with Crippen LogP contribution in [0.1, 0.15) is 26.3 Å². The number of guanidine groups is 1. The van der Waals surface area contributed by atoms with Crippen LogP contribution in [0.4, 0.5) is 0 Å². The van der Waals surface area contributed by atoms with Crippen molar-refractivity contribution >= 4 is 17.7 Å². The predicted octanol–water partition coefficient (Wildman–Crippen LogP) is 2.36. The molecule has 0 bridgehead atoms. The van der Waals surface area contributed by atoms with Crippen molar-refractivity contribution in [2.45, 2.75) is 38.2 Å². The van der Waals surface area contributed by atoms with E-state index in [1.54, 1.807) is 0 Å². The first-order chi connectivity index (χ1) is 12.0. The third-order valence-corrected chi connectivity index (χ3v) is 5.23. The van der Waals surface area contributed by atoms with Crippen molar-refractivity contribution in [3.05, 3.63) is 35.9 Å². The number of nitrogens with one attached hydrogen (secondary N) is 1. The van der Waals surface area contributed by atoms with Gasteiger partial charge in [0.2, 0.25) is 0 Å². The van der Waals surface area contributed by atoms with Gasteiger partial charge in [-0.3, -0.25) is 4.99 Å². The summed E-state index contributed by atoms with van der Waals surface area (Å²) in [5.41, 5.74) is 1.11. The first-order valence-electron chi connectivity index (χ1n) is 8.97. The van der Waals surface area contributed by atoms with Crippen LogP contribution < -0.4 is 5.32 Å². The lowest BCUT2D eigenvalue weighted by Crippen LogP contribution is -2.51. The van der Waals surface area contributed by atoms with Crippen molar-refractivity contribution in [2.75, 3.05) is 38.5 Å². The number of thioether (sulfide) groups is 1. The van der Waals surface area contributed by atoms with Gasteiger partial charge in [-0.1, -0.05) is 30.3 Å². The van der Waals surface area contributed by atoms with Gasteiger partial charge in [-0.2, -0.15) is 11.8 Å². The Hall–Kier alpha value is -1.24. The second-order valence-electron chi connectivity index (χ2n) is 6.88. The topological polar surface area (TPSA) is 57.1 Å². The molecule has 1 atom stereocenters. The van der Waals surface area contributed by atoms with Gasteiger partial charge in [-0.15, -0.1) is 0 Å². The predicted molar refractivity (Wildman–Crippen MR) is 106 cm³/mol. The van der Waals surface area contributed by atoms with E-state index in [1.807, 2.05) is 42.1 Å². The molecule has 25 heavy (non-hydrogen) atoms. The van der Waals surface area contributed by atoms with E-state index in [0.717, 1.165) is 36.9 Å². The molecule has 1 heterocycles. The summed E-state index contributed by atoms with van der Waals surface area (Å²) in [5.74, 6) is 1.98. The molecular weight excluding hydrogens is 334 g/mol. The van der Waals surface area contributed by atoms with Crippen molar-refractivity contribution in [1.29, 1.82) is 0 Å². The monoisotopic (exact) mass is 365 g/mol. The third kappa shape index (κ3) is 7.26. The molecule has 5 nitrogen and oxygen atoms in total. The number of rotatable bonds is 7. The summed E-state index contributed by atoms with van der Waals surface area (Å²) < 4.78 is 5.82. The van der Waals surface area contributed by atoms with Crippen molar-refractivity contribution in [2.24, 2.45) is 4.99 Å². The zero-order valence-corrected chi connectivity index (χ0v) is 16.4. The summed E-state index contributed by atoms with van der Waals surface area (Å²) in [6, 6.07) is 9.99. The fourth-order valence-corrected chi connectivity index (χ4v) is 3.87. The van der Waals surface area contributed by atoms with Gasteiger partial charge in [0.15, 0.2) is 5.96 Å². The largest absolute Gasteiger partial charge is 0.389 e. The van der Waals surface area contributed by atoms with Crippen LogP contribution in [0.5, 0.6) is 0 Å². The minimum absolute atomic E-state index is 0.228. The van der Waals surface area contributed by atoms with Crippen molar-refractivity contribution in [3.8, 4) is 0 Å². The molecule has 1 aliphatic heterocycles. The quantitative estimate of drug-likeness (QED) is 0.574. The first-order valence-corrected chi connectivity index (χ1v) is 9.95. The zero-order valence-electron chi connectivity index (χ0n) is 15.6. The van der Waals surface area contributed by atoms with Crippen LogP contribution in [-0.2, 0) is 11.3 Å². The zero-order chi connectivity index (χ0) is 18.1. The normalized spacial score (nSPS) is 18.9. The van der Waals surface area contributed by atoms with Crippen molar-refractivity contribution in [1.82, 2.24) is 10.2 Å². The number of aliphatic imine (C=N–C) groups is 1. The average molecular weight is 366 g/mol. The molecular formula is C19H31N3O2S. The Kier molecular flexibility index (Phi) is 8.06. The molecule has 1 saturated heterocycles. The molecule has 1 aliphatic rings. The van der Waals surface area contributed by atoms with Gasteiger partial charge in [0, 0.05) is 30.1 Å². The Morgan fingerprint density at radius 3 is 2.84 bits per heavy atom. The number of aliphatic hydroxyl groups is 1. The van der Waals surface area contributed by atoms with Gasteiger partial charge in [-0.05, 0) is 26.3 Å². The highest BCUT2D eigenvalue weighted by atomic mass is 32.2. The molecule has 0 amide bonds. The lowest BCUT2D eigenvalue weighted by atomic mass is 10.2. The van der Waals surface area contributed by atoms with Gasteiger partial charge < -0.3 is 20.1 Å². The highest BCUT2D eigenvalue weighted by Crippen LogP contribution is 2.29. The number of benzene rings is 1. The van der Waals surface area contributed by atoms with E-state index in [-0.39, 0.29) is 4.75 Å². The molecule has 140 valence electrons. The number of ether oxygens (including phenoxy) is 1. The Labute approximate surface area is 155 Å².